The van der Waals surface area contributed by atoms with Crippen LogP contribution in [0, 0.1) is 5.92 Å². The summed E-state index contributed by atoms with van der Waals surface area (Å²) < 4.78 is 0. The molecule has 90 valence electrons. The molecule has 1 aromatic rings. The lowest BCUT2D eigenvalue weighted by Crippen LogP contribution is -2.18. The lowest BCUT2D eigenvalue weighted by Gasteiger charge is -2.11. The fourth-order valence-electron chi connectivity index (χ4n) is 1.53. The molecule has 0 bridgehead atoms. The maximum absolute atomic E-state index is 11.9. The number of carbonyl (C=O) groups excluding carboxylic acids is 1. The summed E-state index contributed by atoms with van der Waals surface area (Å²) in [6.07, 6.45) is 1.77. The second kappa shape index (κ2) is 7.42. The topological polar surface area (TPSA) is 43.1 Å². The van der Waals surface area contributed by atoms with E-state index in [1.807, 2.05) is 44.2 Å². The van der Waals surface area contributed by atoms with Gasteiger partial charge in [0.1, 0.15) is 0 Å². The smallest absolute Gasteiger partial charge is 0.165 e. The standard InChI is InChI=1S/C13H19NO.ClH/c1-10(8-9-11(2)14)13(15)12-6-4-3-5-7-12;/h3-7,10-11H,8-9,14H2,1-2H3;1H. The highest BCUT2D eigenvalue weighted by Crippen LogP contribution is 2.14. The van der Waals surface area contributed by atoms with Crippen LogP contribution >= 0.6 is 12.4 Å². The average Bonchev–Trinajstić information content (AvgIpc) is 2.26. The third-order valence-electron chi connectivity index (χ3n) is 2.56. The molecule has 0 aromatic heterocycles. The maximum atomic E-state index is 11.9. The van der Waals surface area contributed by atoms with Crippen LogP contribution < -0.4 is 5.73 Å². The van der Waals surface area contributed by atoms with Gasteiger partial charge in [0.2, 0.25) is 0 Å². The van der Waals surface area contributed by atoms with E-state index in [2.05, 4.69) is 0 Å². The number of benzene rings is 1. The van der Waals surface area contributed by atoms with Gasteiger partial charge >= 0.3 is 0 Å². The zero-order valence-corrected chi connectivity index (χ0v) is 10.7. The van der Waals surface area contributed by atoms with Crippen LogP contribution in [0.4, 0.5) is 0 Å². The Labute approximate surface area is 104 Å². The number of rotatable bonds is 5. The van der Waals surface area contributed by atoms with Crippen molar-refractivity contribution in [3.05, 3.63) is 35.9 Å². The van der Waals surface area contributed by atoms with E-state index in [1.54, 1.807) is 0 Å². The van der Waals surface area contributed by atoms with Crippen molar-refractivity contribution in [3.8, 4) is 0 Å². The third-order valence-corrected chi connectivity index (χ3v) is 2.56. The minimum absolute atomic E-state index is 0. The highest BCUT2D eigenvalue weighted by atomic mass is 35.5. The van der Waals surface area contributed by atoms with E-state index in [9.17, 15) is 4.79 Å². The van der Waals surface area contributed by atoms with Crippen LogP contribution in [0.3, 0.4) is 0 Å². The molecule has 0 amide bonds. The minimum atomic E-state index is 0. The van der Waals surface area contributed by atoms with Crippen molar-refractivity contribution in [3.63, 3.8) is 0 Å². The van der Waals surface area contributed by atoms with Crippen molar-refractivity contribution in [2.75, 3.05) is 0 Å². The summed E-state index contributed by atoms with van der Waals surface area (Å²) in [4.78, 5) is 11.9. The van der Waals surface area contributed by atoms with E-state index in [0.29, 0.717) is 0 Å². The Morgan fingerprint density at radius 2 is 1.75 bits per heavy atom. The van der Waals surface area contributed by atoms with Gasteiger partial charge in [-0.3, -0.25) is 4.79 Å². The first-order valence-electron chi connectivity index (χ1n) is 5.46. The van der Waals surface area contributed by atoms with Gasteiger partial charge in [-0.25, -0.2) is 0 Å². The molecular weight excluding hydrogens is 222 g/mol. The van der Waals surface area contributed by atoms with E-state index in [0.717, 1.165) is 18.4 Å². The molecule has 0 aliphatic heterocycles. The molecule has 0 radical (unpaired) electrons. The van der Waals surface area contributed by atoms with Crippen molar-refractivity contribution in [1.82, 2.24) is 0 Å². The van der Waals surface area contributed by atoms with Crippen molar-refractivity contribution in [1.29, 1.82) is 0 Å². The van der Waals surface area contributed by atoms with Gasteiger partial charge < -0.3 is 5.73 Å². The maximum Gasteiger partial charge on any atom is 0.165 e. The van der Waals surface area contributed by atoms with Gasteiger partial charge in [0.25, 0.3) is 0 Å². The normalized spacial score (nSPS) is 13.7. The molecule has 2 nitrogen and oxygen atoms in total. The van der Waals surface area contributed by atoms with Gasteiger partial charge in [0, 0.05) is 17.5 Å². The molecule has 2 N–H and O–H groups in total. The van der Waals surface area contributed by atoms with E-state index < -0.39 is 0 Å². The zero-order valence-electron chi connectivity index (χ0n) is 9.85. The zero-order chi connectivity index (χ0) is 11.3. The SMILES string of the molecule is CC(N)CCC(C)C(=O)c1ccccc1.Cl. The summed E-state index contributed by atoms with van der Waals surface area (Å²) in [6, 6.07) is 9.62. The molecule has 1 aromatic carbocycles. The van der Waals surface area contributed by atoms with Crippen LogP contribution in [-0.2, 0) is 0 Å². The first-order valence-corrected chi connectivity index (χ1v) is 5.46. The first-order chi connectivity index (χ1) is 7.11. The van der Waals surface area contributed by atoms with Crippen LogP contribution in [0.5, 0.6) is 0 Å². The van der Waals surface area contributed by atoms with Crippen LogP contribution in [0.25, 0.3) is 0 Å². The number of nitrogens with two attached hydrogens (primary N) is 1. The molecule has 16 heavy (non-hydrogen) atoms. The fraction of sp³-hybridized carbons (Fsp3) is 0.462. The van der Waals surface area contributed by atoms with E-state index in [-0.39, 0.29) is 30.2 Å². The summed E-state index contributed by atoms with van der Waals surface area (Å²) in [5, 5.41) is 0. The molecule has 0 saturated heterocycles. The highest BCUT2D eigenvalue weighted by molar-refractivity contribution is 5.97. The monoisotopic (exact) mass is 241 g/mol. The average molecular weight is 242 g/mol. The van der Waals surface area contributed by atoms with Crippen molar-refractivity contribution < 1.29 is 4.79 Å². The van der Waals surface area contributed by atoms with E-state index in [1.165, 1.54) is 0 Å². The number of carbonyl (C=O) groups is 1. The summed E-state index contributed by atoms with van der Waals surface area (Å²) in [6.45, 7) is 3.94. The molecule has 0 heterocycles. The molecule has 2 atom stereocenters. The molecule has 1 rings (SSSR count). The van der Waals surface area contributed by atoms with Gasteiger partial charge in [-0.05, 0) is 19.8 Å². The predicted octanol–water partition coefficient (Wildman–Crippen LogP) is 3.05. The quantitative estimate of drug-likeness (QED) is 0.806. The van der Waals surface area contributed by atoms with Gasteiger partial charge in [-0.2, -0.15) is 0 Å². The van der Waals surface area contributed by atoms with Crippen molar-refractivity contribution in [2.45, 2.75) is 32.7 Å². The van der Waals surface area contributed by atoms with Crippen LogP contribution in [0.15, 0.2) is 30.3 Å². The molecule has 3 heteroatoms. The fourth-order valence-corrected chi connectivity index (χ4v) is 1.53. The lowest BCUT2D eigenvalue weighted by atomic mass is 9.94. The van der Waals surface area contributed by atoms with Gasteiger partial charge in [0.15, 0.2) is 5.78 Å². The number of hydrogen-bond acceptors (Lipinski definition) is 2. The third kappa shape index (κ3) is 4.77. The molecule has 0 saturated carbocycles. The first kappa shape index (κ1) is 15.1. The van der Waals surface area contributed by atoms with Crippen LogP contribution in [0.1, 0.15) is 37.0 Å². The van der Waals surface area contributed by atoms with Crippen molar-refractivity contribution >= 4 is 18.2 Å². The summed E-state index contributed by atoms with van der Waals surface area (Å²) in [7, 11) is 0. The second-order valence-electron chi connectivity index (χ2n) is 4.19. The van der Waals surface area contributed by atoms with Crippen LogP contribution in [-0.4, -0.2) is 11.8 Å². The van der Waals surface area contributed by atoms with Gasteiger partial charge in [-0.1, -0.05) is 37.3 Å². The Morgan fingerprint density at radius 3 is 2.25 bits per heavy atom. The number of Topliss-reactive ketones (excluding diaryl/α,β-unsaturated/α-hetero) is 1. The molecule has 0 aliphatic rings. The van der Waals surface area contributed by atoms with E-state index in [4.69, 9.17) is 5.73 Å². The van der Waals surface area contributed by atoms with Gasteiger partial charge in [-0.15, -0.1) is 12.4 Å². The Bertz CT molecular complexity index is 311. The minimum Gasteiger partial charge on any atom is -0.328 e. The van der Waals surface area contributed by atoms with Gasteiger partial charge in [0.05, 0.1) is 0 Å². The molecular formula is C13H20ClNO. The van der Waals surface area contributed by atoms with E-state index >= 15 is 0 Å². The second-order valence-corrected chi connectivity index (χ2v) is 4.19. The summed E-state index contributed by atoms with van der Waals surface area (Å²) >= 11 is 0. The van der Waals surface area contributed by atoms with Crippen LogP contribution in [0.2, 0.25) is 0 Å². The summed E-state index contributed by atoms with van der Waals surface area (Å²) in [5.74, 6) is 0.287. The number of hydrogen-bond donors (Lipinski definition) is 1. The Balaban J connectivity index is 0.00000225. The molecule has 0 spiro atoms. The summed E-state index contributed by atoms with van der Waals surface area (Å²) in [5.41, 5.74) is 6.47. The number of halogens is 1. The molecule has 0 aliphatic carbocycles. The Hall–Kier alpha value is -0.860. The number of ketones is 1. The lowest BCUT2D eigenvalue weighted by molar-refractivity contribution is 0.0922. The highest BCUT2D eigenvalue weighted by Gasteiger charge is 2.14. The Morgan fingerprint density at radius 1 is 1.19 bits per heavy atom. The van der Waals surface area contributed by atoms with Crippen molar-refractivity contribution in [2.24, 2.45) is 11.7 Å². The predicted molar refractivity (Wildman–Crippen MR) is 70.1 cm³/mol. The molecule has 0 fully saturated rings. The molecule has 2 unspecified atom stereocenters. The largest absolute Gasteiger partial charge is 0.328 e. The Kier molecular flexibility index (Phi) is 7.02.